The molecule has 0 atom stereocenters. The largest absolute Gasteiger partial charge is 0.490 e. The highest BCUT2D eigenvalue weighted by atomic mass is 32.2. The van der Waals surface area contributed by atoms with E-state index >= 15 is 0 Å². The van der Waals surface area contributed by atoms with Gasteiger partial charge in [-0.25, -0.2) is 12.7 Å². The van der Waals surface area contributed by atoms with Crippen molar-refractivity contribution in [3.8, 4) is 5.75 Å². The van der Waals surface area contributed by atoms with Crippen LogP contribution in [-0.2, 0) is 17.1 Å². The van der Waals surface area contributed by atoms with Gasteiger partial charge in [0.25, 0.3) is 5.56 Å². The van der Waals surface area contributed by atoms with Crippen LogP contribution in [0.4, 0.5) is 13.2 Å². The van der Waals surface area contributed by atoms with Crippen molar-refractivity contribution in [2.75, 3.05) is 18.8 Å². The Morgan fingerprint density at radius 2 is 1.84 bits per heavy atom. The number of aromatic nitrogens is 1. The third-order valence-corrected chi connectivity index (χ3v) is 6.09. The van der Waals surface area contributed by atoms with E-state index < -0.39 is 28.4 Å². The number of ether oxygens (including phenoxy) is 1. The van der Waals surface area contributed by atoms with Gasteiger partial charge in [0.05, 0.1) is 12.2 Å². The highest BCUT2D eigenvalue weighted by Gasteiger charge is 2.34. The molecule has 0 unspecified atom stereocenters. The maximum atomic E-state index is 12.2. The van der Waals surface area contributed by atoms with Gasteiger partial charge in [0, 0.05) is 31.9 Å². The van der Waals surface area contributed by atoms with Crippen molar-refractivity contribution in [2.24, 2.45) is 7.05 Å². The van der Waals surface area contributed by atoms with Crippen molar-refractivity contribution in [3.05, 3.63) is 28.2 Å². The lowest BCUT2D eigenvalue weighted by molar-refractivity contribution is -0.130. The molecule has 0 amide bonds. The molecule has 2 heterocycles. The fraction of sp³-hybridized carbons (Fsp3) is 0.667. The number of hydrogen-bond acceptors (Lipinski definition) is 4. The minimum atomic E-state index is -4.49. The molecule has 1 aromatic rings. The van der Waals surface area contributed by atoms with Crippen LogP contribution in [0.5, 0.6) is 5.75 Å². The number of aryl methyl sites for hydroxylation is 1. The summed E-state index contributed by atoms with van der Waals surface area (Å²) in [5.41, 5.74) is 0.525. The first-order chi connectivity index (χ1) is 11.5. The minimum Gasteiger partial charge on any atom is -0.490 e. The van der Waals surface area contributed by atoms with Crippen LogP contribution in [0, 0.1) is 6.92 Å². The van der Waals surface area contributed by atoms with Crippen molar-refractivity contribution in [3.63, 3.8) is 0 Å². The number of alkyl halides is 3. The van der Waals surface area contributed by atoms with Crippen molar-refractivity contribution in [1.29, 1.82) is 0 Å². The van der Waals surface area contributed by atoms with E-state index in [1.54, 1.807) is 20.0 Å². The van der Waals surface area contributed by atoms with Crippen LogP contribution in [-0.4, -0.2) is 48.4 Å². The highest BCUT2D eigenvalue weighted by molar-refractivity contribution is 7.89. The van der Waals surface area contributed by atoms with E-state index in [4.69, 9.17) is 4.74 Å². The van der Waals surface area contributed by atoms with E-state index in [0.29, 0.717) is 18.6 Å². The number of piperidine rings is 1. The summed E-state index contributed by atoms with van der Waals surface area (Å²) in [5, 5.41) is 0. The molecule has 10 heteroatoms. The number of sulfonamides is 1. The zero-order valence-electron chi connectivity index (χ0n) is 14.0. The molecule has 0 spiro atoms. The lowest BCUT2D eigenvalue weighted by Crippen LogP contribution is -2.43. The van der Waals surface area contributed by atoms with Crippen LogP contribution >= 0.6 is 0 Å². The Labute approximate surface area is 144 Å². The summed E-state index contributed by atoms with van der Waals surface area (Å²) >= 11 is 0. The number of hydrogen-bond donors (Lipinski definition) is 0. The molecule has 2 rings (SSSR count). The molecule has 1 fully saturated rings. The first-order valence-electron chi connectivity index (χ1n) is 7.87. The van der Waals surface area contributed by atoms with Gasteiger partial charge in [-0.2, -0.15) is 13.2 Å². The third kappa shape index (κ3) is 5.46. The van der Waals surface area contributed by atoms with Gasteiger partial charge in [0.15, 0.2) is 0 Å². The van der Waals surface area contributed by atoms with Gasteiger partial charge in [0.1, 0.15) is 11.9 Å². The Morgan fingerprint density at radius 1 is 1.24 bits per heavy atom. The zero-order chi connectivity index (χ0) is 18.8. The number of halogens is 3. The minimum absolute atomic E-state index is 0.106. The van der Waals surface area contributed by atoms with E-state index in [1.165, 1.54) is 10.6 Å². The Balaban J connectivity index is 1.92. The van der Waals surface area contributed by atoms with Gasteiger partial charge in [-0.3, -0.25) is 4.79 Å². The van der Waals surface area contributed by atoms with Gasteiger partial charge in [-0.05, 0) is 25.8 Å². The fourth-order valence-corrected chi connectivity index (χ4v) is 4.11. The summed E-state index contributed by atoms with van der Waals surface area (Å²) in [6.07, 6.45) is -5.40. The van der Waals surface area contributed by atoms with E-state index in [-0.39, 0.29) is 24.8 Å². The molecule has 0 bridgehead atoms. The lowest BCUT2D eigenvalue weighted by atomic mass is 10.1. The molecule has 1 aromatic heterocycles. The third-order valence-electron chi connectivity index (χ3n) is 4.22. The maximum absolute atomic E-state index is 12.2. The summed E-state index contributed by atoms with van der Waals surface area (Å²) in [6.45, 7) is 1.98. The molecule has 142 valence electrons. The van der Waals surface area contributed by atoms with Crippen LogP contribution in [0.3, 0.4) is 0 Å². The van der Waals surface area contributed by atoms with Gasteiger partial charge >= 0.3 is 6.18 Å². The van der Waals surface area contributed by atoms with Crippen molar-refractivity contribution in [1.82, 2.24) is 8.87 Å². The Bertz CT molecular complexity index is 766. The molecule has 0 N–H and O–H groups in total. The molecule has 1 aliphatic heterocycles. The van der Waals surface area contributed by atoms with E-state index in [9.17, 15) is 26.4 Å². The van der Waals surface area contributed by atoms with Gasteiger partial charge < -0.3 is 9.30 Å². The zero-order valence-corrected chi connectivity index (χ0v) is 14.9. The summed E-state index contributed by atoms with van der Waals surface area (Å²) in [5.74, 6) is -0.519. The monoisotopic (exact) mass is 382 g/mol. The molecule has 1 saturated heterocycles. The predicted molar refractivity (Wildman–Crippen MR) is 86.1 cm³/mol. The van der Waals surface area contributed by atoms with Crippen LogP contribution in [0.2, 0.25) is 0 Å². The molecule has 0 aromatic carbocycles. The molecule has 0 saturated carbocycles. The first kappa shape index (κ1) is 19.8. The predicted octanol–water partition coefficient (Wildman–Crippen LogP) is 1.82. The quantitative estimate of drug-likeness (QED) is 0.779. The highest BCUT2D eigenvalue weighted by Crippen LogP contribution is 2.24. The summed E-state index contributed by atoms with van der Waals surface area (Å²) in [6, 6.07) is 3.08. The Hall–Kier alpha value is -1.55. The Morgan fingerprint density at radius 3 is 2.36 bits per heavy atom. The van der Waals surface area contributed by atoms with Gasteiger partial charge in [-0.1, -0.05) is 0 Å². The second-order valence-electron chi connectivity index (χ2n) is 6.13. The summed E-state index contributed by atoms with van der Waals surface area (Å²) in [7, 11) is -2.28. The molecule has 6 nitrogen and oxygen atoms in total. The van der Waals surface area contributed by atoms with E-state index in [1.807, 2.05) is 0 Å². The van der Waals surface area contributed by atoms with Gasteiger partial charge in [-0.15, -0.1) is 0 Å². The first-order valence-corrected chi connectivity index (χ1v) is 9.48. The van der Waals surface area contributed by atoms with Crippen molar-refractivity contribution < 1.29 is 26.3 Å². The number of rotatable bonds is 5. The summed E-state index contributed by atoms with van der Waals surface area (Å²) < 4.78 is 68.9. The molecule has 25 heavy (non-hydrogen) atoms. The SMILES string of the molecule is Cc1cc(OC2CCN(S(=O)(=O)CCC(F)(F)F)CC2)cc(=O)n1C. The normalized spacial score (nSPS) is 17.6. The van der Waals surface area contributed by atoms with Crippen LogP contribution in [0.25, 0.3) is 0 Å². The lowest BCUT2D eigenvalue weighted by Gasteiger charge is -2.31. The molecule has 0 radical (unpaired) electrons. The Kier molecular flexibility index (Phi) is 5.82. The van der Waals surface area contributed by atoms with Crippen LogP contribution in [0.1, 0.15) is 25.0 Å². The van der Waals surface area contributed by atoms with E-state index in [0.717, 1.165) is 10.00 Å². The van der Waals surface area contributed by atoms with Crippen molar-refractivity contribution in [2.45, 2.75) is 38.5 Å². The molecular weight excluding hydrogens is 361 g/mol. The van der Waals surface area contributed by atoms with Crippen LogP contribution < -0.4 is 10.3 Å². The second-order valence-corrected chi connectivity index (χ2v) is 8.22. The smallest absolute Gasteiger partial charge is 0.390 e. The van der Waals surface area contributed by atoms with Gasteiger partial charge in [0.2, 0.25) is 10.0 Å². The topological polar surface area (TPSA) is 68.6 Å². The average molecular weight is 382 g/mol. The average Bonchev–Trinajstić information content (AvgIpc) is 2.51. The fourth-order valence-electron chi connectivity index (χ4n) is 2.60. The number of pyridine rings is 1. The molecule has 1 aliphatic rings. The standard InChI is InChI=1S/C15H21F3N2O4S/c1-11-9-13(10-14(21)19(11)2)24-12-3-6-20(7-4-12)25(22,23)8-5-15(16,17)18/h9-10,12H,3-8H2,1-2H3. The van der Waals surface area contributed by atoms with Crippen molar-refractivity contribution >= 4 is 10.0 Å². The maximum Gasteiger partial charge on any atom is 0.390 e. The van der Waals surface area contributed by atoms with Crippen LogP contribution in [0.15, 0.2) is 16.9 Å². The number of nitrogens with zero attached hydrogens (tertiary/aromatic N) is 2. The summed E-state index contributed by atoms with van der Waals surface area (Å²) in [4.78, 5) is 11.7. The van der Waals surface area contributed by atoms with E-state index in [2.05, 4.69) is 0 Å². The molecular formula is C15H21F3N2O4S. The second kappa shape index (κ2) is 7.36. The molecule has 0 aliphatic carbocycles.